The second-order valence-corrected chi connectivity index (χ2v) is 5.88. The Hall–Kier alpha value is -3.25. The number of thiocarbonyl (C=S) groups is 1. The van der Waals surface area contributed by atoms with Crippen molar-refractivity contribution in [2.75, 3.05) is 5.32 Å². The summed E-state index contributed by atoms with van der Waals surface area (Å²) in [5.74, 6) is 1.25. The number of nitrogens with zero attached hydrogens (tertiary/aromatic N) is 1. The zero-order valence-corrected chi connectivity index (χ0v) is 14.7. The fourth-order valence-corrected chi connectivity index (χ4v) is 2.49. The van der Waals surface area contributed by atoms with Crippen molar-refractivity contribution in [3.8, 4) is 11.5 Å². The highest BCUT2D eigenvalue weighted by Crippen LogP contribution is 2.22. The zero-order chi connectivity index (χ0) is 18.2. The molecule has 0 unspecified atom stereocenters. The van der Waals surface area contributed by atoms with Crippen molar-refractivity contribution >= 4 is 28.9 Å². The molecule has 1 amide bonds. The Bertz CT molecular complexity index is 869. The summed E-state index contributed by atoms with van der Waals surface area (Å²) in [7, 11) is 0. The molecule has 0 aliphatic carbocycles. The molecule has 0 aliphatic rings. The first-order valence-electron chi connectivity index (χ1n) is 8.02. The third-order valence-electron chi connectivity index (χ3n) is 3.46. The van der Waals surface area contributed by atoms with Crippen LogP contribution in [0.4, 0.5) is 5.69 Å². The Morgan fingerprint density at radius 1 is 0.923 bits per heavy atom. The SMILES string of the molecule is O=C(Cc1ccccc1)NC(=S)Nc1ccc(Oc2ccncc2)cc1. The second-order valence-electron chi connectivity index (χ2n) is 5.47. The molecule has 0 saturated carbocycles. The summed E-state index contributed by atoms with van der Waals surface area (Å²) in [6.07, 6.45) is 3.62. The van der Waals surface area contributed by atoms with E-state index in [-0.39, 0.29) is 17.4 Å². The molecule has 3 rings (SSSR count). The number of amides is 1. The normalized spacial score (nSPS) is 10.0. The van der Waals surface area contributed by atoms with Crippen molar-refractivity contribution in [3.63, 3.8) is 0 Å². The molecule has 130 valence electrons. The first kappa shape index (κ1) is 17.6. The minimum atomic E-state index is -0.161. The van der Waals surface area contributed by atoms with Gasteiger partial charge >= 0.3 is 0 Å². The molecule has 26 heavy (non-hydrogen) atoms. The molecule has 0 bridgehead atoms. The largest absolute Gasteiger partial charge is 0.457 e. The first-order valence-corrected chi connectivity index (χ1v) is 8.42. The number of anilines is 1. The summed E-state index contributed by atoms with van der Waals surface area (Å²) in [6.45, 7) is 0. The minimum Gasteiger partial charge on any atom is -0.457 e. The molecule has 6 heteroatoms. The maximum atomic E-state index is 12.0. The van der Waals surface area contributed by atoms with Crippen LogP contribution in [0.15, 0.2) is 79.1 Å². The summed E-state index contributed by atoms with van der Waals surface area (Å²) in [5.41, 5.74) is 1.70. The first-order chi connectivity index (χ1) is 12.7. The van der Waals surface area contributed by atoms with E-state index in [4.69, 9.17) is 17.0 Å². The smallest absolute Gasteiger partial charge is 0.230 e. The van der Waals surface area contributed by atoms with E-state index in [0.29, 0.717) is 11.5 Å². The van der Waals surface area contributed by atoms with Gasteiger partial charge in [0.25, 0.3) is 0 Å². The number of carbonyl (C=O) groups excluding carboxylic acids is 1. The molecule has 0 aliphatic heterocycles. The highest BCUT2D eigenvalue weighted by Gasteiger charge is 2.06. The van der Waals surface area contributed by atoms with E-state index in [2.05, 4.69) is 15.6 Å². The van der Waals surface area contributed by atoms with Gasteiger partial charge in [-0.3, -0.25) is 9.78 Å². The van der Waals surface area contributed by atoms with Gasteiger partial charge in [0.15, 0.2) is 5.11 Å². The van der Waals surface area contributed by atoms with E-state index in [9.17, 15) is 4.79 Å². The lowest BCUT2D eigenvalue weighted by atomic mass is 10.1. The van der Waals surface area contributed by atoms with E-state index in [1.165, 1.54) is 0 Å². The van der Waals surface area contributed by atoms with Gasteiger partial charge in [-0.1, -0.05) is 30.3 Å². The van der Waals surface area contributed by atoms with Gasteiger partial charge in [-0.05, 0) is 54.2 Å². The predicted molar refractivity (Wildman–Crippen MR) is 105 cm³/mol. The lowest BCUT2D eigenvalue weighted by Gasteiger charge is -2.11. The maximum Gasteiger partial charge on any atom is 0.230 e. The highest BCUT2D eigenvalue weighted by atomic mass is 32.1. The maximum absolute atomic E-state index is 12.0. The van der Waals surface area contributed by atoms with Crippen LogP contribution in [0, 0.1) is 0 Å². The predicted octanol–water partition coefficient (Wildman–Crippen LogP) is 3.93. The molecular formula is C20H17N3O2S. The summed E-state index contributed by atoms with van der Waals surface area (Å²) in [4.78, 5) is 16.0. The summed E-state index contributed by atoms with van der Waals surface area (Å²) in [5, 5.41) is 5.92. The molecule has 0 fully saturated rings. The average Bonchev–Trinajstić information content (AvgIpc) is 2.65. The Morgan fingerprint density at radius 3 is 2.27 bits per heavy atom. The van der Waals surface area contributed by atoms with E-state index >= 15 is 0 Å². The van der Waals surface area contributed by atoms with Gasteiger partial charge in [-0.25, -0.2) is 0 Å². The van der Waals surface area contributed by atoms with Crippen LogP contribution < -0.4 is 15.4 Å². The summed E-state index contributed by atoms with van der Waals surface area (Å²) >= 11 is 5.19. The van der Waals surface area contributed by atoms with Crippen LogP contribution in [-0.4, -0.2) is 16.0 Å². The minimum absolute atomic E-state index is 0.161. The lowest BCUT2D eigenvalue weighted by molar-refractivity contribution is -0.119. The van der Waals surface area contributed by atoms with Gasteiger partial charge in [-0.2, -0.15) is 0 Å². The highest BCUT2D eigenvalue weighted by molar-refractivity contribution is 7.80. The van der Waals surface area contributed by atoms with Crippen molar-refractivity contribution < 1.29 is 9.53 Å². The van der Waals surface area contributed by atoms with E-state index in [1.807, 2.05) is 54.6 Å². The van der Waals surface area contributed by atoms with Crippen LogP contribution in [0.1, 0.15) is 5.56 Å². The second kappa shape index (κ2) is 8.73. The molecule has 1 aromatic heterocycles. The monoisotopic (exact) mass is 363 g/mol. The molecule has 5 nitrogen and oxygen atoms in total. The van der Waals surface area contributed by atoms with Crippen molar-refractivity contribution in [1.82, 2.24) is 10.3 Å². The lowest BCUT2D eigenvalue weighted by Crippen LogP contribution is -2.35. The van der Waals surface area contributed by atoms with Crippen LogP contribution in [0.25, 0.3) is 0 Å². The van der Waals surface area contributed by atoms with E-state index in [0.717, 1.165) is 11.3 Å². The third-order valence-corrected chi connectivity index (χ3v) is 3.66. The number of aromatic nitrogens is 1. The molecule has 2 N–H and O–H groups in total. The fourth-order valence-electron chi connectivity index (χ4n) is 2.26. The van der Waals surface area contributed by atoms with Gasteiger partial charge in [0.2, 0.25) is 5.91 Å². The fraction of sp³-hybridized carbons (Fsp3) is 0.0500. The number of rotatable bonds is 5. The summed E-state index contributed by atoms with van der Waals surface area (Å²) in [6, 6.07) is 20.4. The van der Waals surface area contributed by atoms with Crippen LogP contribution in [-0.2, 0) is 11.2 Å². The molecule has 0 atom stereocenters. The Labute approximate surface area is 157 Å². The van der Waals surface area contributed by atoms with Gasteiger partial charge in [-0.15, -0.1) is 0 Å². The van der Waals surface area contributed by atoms with Gasteiger partial charge < -0.3 is 15.4 Å². The number of carbonyl (C=O) groups is 1. The van der Waals surface area contributed by atoms with E-state index in [1.54, 1.807) is 24.5 Å². The van der Waals surface area contributed by atoms with Crippen molar-refractivity contribution in [3.05, 3.63) is 84.7 Å². The Kier molecular flexibility index (Phi) is 5.90. The number of benzene rings is 2. The number of hydrogen-bond acceptors (Lipinski definition) is 4. The summed E-state index contributed by atoms with van der Waals surface area (Å²) < 4.78 is 5.70. The quantitative estimate of drug-likeness (QED) is 0.673. The zero-order valence-electron chi connectivity index (χ0n) is 13.9. The number of pyridine rings is 1. The van der Waals surface area contributed by atoms with E-state index < -0.39 is 0 Å². The van der Waals surface area contributed by atoms with Crippen LogP contribution in [0.5, 0.6) is 11.5 Å². The molecule has 1 heterocycles. The topological polar surface area (TPSA) is 63.2 Å². The molecule has 0 radical (unpaired) electrons. The van der Waals surface area contributed by atoms with Crippen molar-refractivity contribution in [2.24, 2.45) is 0 Å². The van der Waals surface area contributed by atoms with Crippen LogP contribution in [0.3, 0.4) is 0 Å². The average molecular weight is 363 g/mol. The van der Waals surface area contributed by atoms with Crippen LogP contribution in [0.2, 0.25) is 0 Å². The molecule has 3 aromatic rings. The molecule has 2 aromatic carbocycles. The number of nitrogens with one attached hydrogen (secondary N) is 2. The number of hydrogen-bond donors (Lipinski definition) is 2. The van der Waals surface area contributed by atoms with Crippen molar-refractivity contribution in [2.45, 2.75) is 6.42 Å². The standard InChI is InChI=1S/C20H17N3O2S/c24-19(14-15-4-2-1-3-5-15)23-20(26)22-16-6-8-17(9-7-16)25-18-10-12-21-13-11-18/h1-13H,14H2,(H2,22,23,24,26). The third kappa shape index (κ3) is 5.39. The Morgan fingerprint density at radius 2 is 1.58 bits per heavy atom. The van der Waals surface area contributed by atoms with Gasteiger partial charge in [0.05, 0.1) is 6.42 Å². The van der Waals surface area contributed by atoms with Gasteiger partial charge in [0.1, 0.15) is 11.5 Å². The van der Waals surface area contributed by atoms with Crippen LogP contribution >= 0.6 is 12.2 Å². The molecule has 0 spiro atoms. The number of ether oxygens (including phenoxy) is 1. The van der Waals surface area contributed by atoms with Gasteiger partial charge in [0, 0.05) is 18.1 Å². The van der Waals surface area contributed by atoms with Crippen molar-refractivity contribution in [1.29, 1.82) is 0 Å². The molecular weight excluding hydrogens is 346 g/mol. The molecule has 0 saturated heterocycles. The Balaban J connectivity index is 1.50.